The van der Waals surface area contributed by atoms with Crippen molar-refractivity contribution in [3.05, 3.63) is 6.92 Å². The summed E-state index contributed by atoms with van der Waals surface area (Å²) in [7, 11) is 0. The van der Waals surface area contributed by atoms with Gasteiger partial charge < -0.3 is 5.11 Å². The average molecular weight is 115 g/mol. The van der Waals surface area contributed by atoms with Gasteiger partial charge in [-0.3, -0.25) is 0 Å². The van der Waals surface area contributed by atoms with Crippen LogP contribution in [-0.2, 0) is 0 Å². The molecule has 0 fully saturated rings. The van der Waals surface area contributed by atoms with Crippen molar-refractivity contribution in [2.75, 3.05) is 6.61 Å². The zero-order valence-electron chi connectivity index (χ0n) is 5.78. The van der Waals surface area contributed by atoms with Gasteiger partial charge in [0, 0.05) is 6.61 Å². The van der Waals surface area contributed by atoms with Crippen molar-refractivity contribution in [1.29, 1.82) is 0 Å². The third kappa shape index (κ3) is 1.83. The Kier molecular flexibility index (Phi) is 3.06. The molecule has 0 amide bonds. The van der Waals surface area contributed by atoms with Crippen LogP contribution < -0.4 is 0 Å². The van der Waals surface area contributed by atoms with Crippen molar-refractivity contribution in [3.8, 4) is 0 Å². The fourth-order valence-electron chi connectivity index (χ4n) is 0.474. The van der Waals surface area contributed by atoms with Gasteiger partial charge in [0.05, 0.1) is 0 Å². The van der Waals surface area contributed by atoms with E-state index in [0.29, 0.717) is 0 Å². The second kappa shape index (κ2) is 3.08. The number of hydrogen-bond acceptors (Lipinski definition) is 1. The van der Waals surface area contributed by atoms with E-state index in [1.807, 2.05) is 13.8 Å². The first kappa shape index (κ1) is 7.96. The van der Waals surface area contributed by atoms with Gasteiger partial charge >= 0.3 is 0 Å². The summed E-state index contributed by atoms with van der Waals surface area (Å²) >= 11 is 0. The minimum atomic E-state index is -0.0694. The maximum atomic E-state index is 8.72. The Hall–Kier alpha value is -0.0400. The molecular formula is C7H15O. The van der Waals surface area contributed by atoms with Gasteiger partial charge in [0.1, 0.15) is 0 Å². The normalized spacial score (nSPS) is 12.0. The Morgan fingerprint density at radius 1 is 1.38 bits per heavy atom. The average Bonchev–Trinajstić information content (AvgIpc) is 1.87. The first-order valence-corrected chi connectivity index (χ1v) is 3.14. The molecule has 0 aromatic carbocycles. The van der Waals surface area contributed by atoms with Crippen molar-refractivity contribution in [3.63, 3.8) is 0 Å². The molecule has 8 heavy (non-hydrogen) atoms. The molecule has 0 aliphatic carbocycles. The smallest absolute Gasteiger partial charge is 0.0487 e. The Balaban J connectivity index is 3.58. The topological polar surface area (TPSA) is 20.2 Å². The van der Waals surface area contributed by atoms with Crippen LogP contribution in [0.4, 0.5) is 0 Å². The van der Waals surface area contributed by atoms with Gasteiger partial charge in [-0.25, -0.2) is 0 Å². The second-order valence-electron chi connectivity index (χ2n) is 2.37. The van der Waals surface area contributed by atoms with Gasteiger partial charge in [0.25, 0.3) is 0 Å². The zero-order valence-corrected chi connectivity index (χ0v) is 5.78. The number of aliphatic hydroxyl groups is 1. The van der Waals surface area contributed by atoms with Gasteiger partial charge in [-0.05, 0) is 25.2 Å². The molecule has 1 heteroatoms. The second-order valence-corrected chi connectivity index (χ2v) is 2.37. The van der Waals surface area contributed by atoms with E-state index < -0.39 is 0 Å². The highest BCUT2D eigenvalue weighted by Crippen LogP contribution is 2.22. The third-order valence-electron chi connectivity index (χ3n) is 1.84. The molecule has 0 heterocycles. The summed E-state index contributed by atoms with van der Waals surface area (Å²) in [5.74, 6) is 0. The fraction of sp³-hybridized carbons (Fsp3) is 0.857. The Morgan fingerprint density at radius 3 is 1.75 bits per heavy atom. The molecule has 0 aromatic rings. The van der Waals surface area contributed by atoms with Crippen molar-refractivity contribution < 1.29 is 5.11 Å². The number of rotatable bonds is 3. The lowest BCUT2D eigenvalue weighted by molar-refractivity contribution is 0.157. The largest absolute Gasteiger partial charge is 0.396 e. The summed E-state index contributed by atoms with van der Waals surface area (Å²) in [5, 5.41) is 8.72. The summed E-state index contributed by atoms with van der Waals surface area (Å²) in [6, 6.07) is 0. The molecule has 0 bridgehead atoms. The highest BCUT2D eigenvalue weighted by Gasteiger charge is 2.17. The molecule has 1 radical (unpaired) electrons. The van der Waals surface area contributed by atoms with Crippen molar-refractivity contribution in [2.45, 2.75) is 26.7 Å². The van der Waals surface area contributed by atoms with Crippen LogP contribution in [-0.4, -0.2) is 11.7 Å². The fourth-order valence-corrected chi connectivity index (χ4v) is 0.474. The molecule has 0 spiro atoms. The van der Waals surface area contributed by atoms with Crippen LogP contribution in [0.1, 0.15) is 26.7 Å². The molecule has 1 N–H and O–H groups in total. The van der Waals surface area contributed by atoms with E-state index in [2.05, 4.69) is 6.92 Å². The molecule has 0 aliphatic heterocycles. The van der Waals surface area contributed by atoms with Crippen molar-refractivity contribution in [1.82, 2.24) is 0 Å². The summed E-state index contributed by atoms with van der Waals surface area (Å²) < 4.78 is 0. The standard InChI is InChI=1S/C7H15O/c1-4-7(3,5-2)6-8/h8H,3-6H2,1-2H3. The van der Waals surface area contributed by atoms with E-state index in [1.165, 1.54) is 0 Å². The molecule has 0 saturated carbocycles. The molecule has 0 aromatic heterocycles. The third-order valence-corrected chi connectivity index (χ3v) is 1.84. The molecule has 0 aliphatic rings. The Labute approximate surface area is 51.7 Å². The summed E-state index contributed by atoms with van der Waals surface area (Å²) in [4.78, 5) is 0. The van der Waals surface area contributed by atoms with E-state index in [1.54, 1.807) is 0 Å². The van der Waals surface area contributed by atoms with Crippen LogP contribution in [0, 0.1) is 12.3 Å². The van der Waals surface area contributed by atoms with Crippen LogP contribution in [0.2, 0.25) is 0 Å². The van der Waals surface area contributed by atoms with E-state index >= 15 is 0 Å². The van der Waals surface area contributed by atoms with Gasteiger partial charge in [-0.1, -0.05) is 13.8 Å². The van der Waals surface area contributed by atoms with Crippen molar-refractivity contribution >= 4 is 0 Å². The molecule has 0 saturated heterocycles. The highest BCUT2D eigenvalue weighted by molar-refractivity contribution is 4.77. The Morgan fingerprint density at radius 2 is 1.75 bits per heavy atom. The quantitative estimate of drug-likeness (QED) is 0.592. The monoisotopic (exact) mass is 115 g/mol. The molecule has 49 valence electrons. The van der Waals surface area contributed by atoms with Gasteiger partial charge in [-0.15, -0.1) is 0 Å². The van der Waals surface area contributed by atoms with Crippen LogP contribution in [0.5, 0.6) is 0 Å². The first-order valence-electron chi connectivity index (χ1n) is 3.14. The summed E-state index contributed by atoms with van der Waals surface area (Å²) in [6.07, 6.45) is 1.92. The van der Waals surface area contributed by atoms with Crippen LogP contribution >= 0.6 is 0 Å². The SMILES string of the molecule is [CH2]C(CC)(CC)CO. The first-order chi connectivity index (χ1) is 3.68. The maximum Gasteiger partial charge on any atom is 0.0487 e. The minimum absolute atomic E-state index is 0.0694. The predicted octanol–water partition coefficient (Wildman–Crippen LogP) is 1.62. The summed E-state index contributed by atoms with van der Waals surface area (Å²) in [6.45, 7) is 8.18. The highest BCUT2D eigenvalue weighted by atomic mass is 16.3. The molecular weight excluding hydrogens is 100 g/mol. The zero-order chi connectivity index (χ0) is 6.62. The van der Waals surface area contributed by atoms with E-state index in [4.69, 9.17) is 5.11 Å². The lowest BCUT2D eigenvalue weighted by Crippen LogP contribution is -2.18. The van der Waals surface area contributed by atoms with E-state index in [9.17, 15) is 0 Å². The van der Waals surface area contributed by atoms with Crippen LogP contribution in [0.3, 0.4) is 0 Å². The molecule has 1 nitrogen and oxygen atoms in total. The lowest BCUT2D eigenvalue weighted by Gasteiger charge is -2.22. The minimum Gasteiger partial charge on any atom is -0.396 e. The molecule has 0 atom stereocenters. The Bertz CT molecular complexity index is 47.1. The number of hydrogen-bond donors (Lipinski definition) is 1. The van der Waals surface area contributed by atoms with E-state index in [-0.39, 0.29) is 12.0 Å². The van der Waals surface area contributed by atoms with Crippen LogP contribution in [0.15, 0.2) is 0 Å². The lowest BCUT2D eigenvalue weighted by atomic mass is 9.86. The van der Waals surface area contributed by atoms with Crippen molar-refractivity contribution in [2.24, 2.45) is 5.41 Å². The molecule has 0 unspecified atom stereocenters. The predicted molar refractivity (Wildman–Crippen MR) is 35.5 cm³/mol. The van der Waals surface area contributed by atoms with Gasteiger partial charge in [-0.2, -0.15) is 0 Å². The van der Waals surface area contributed by atoms with Gasteiger partial charge in [0.15, 0.2) is 0 Å². The number of aliphatic hydroxyl groups excluding tert-OH is 1. The van der Waals surface area contributed by atoms with Crippen LogP contribution in [0.25, 0.3) is 0 Å². The molecule has 0 rings (SSSR count). The van der Waals surface area contributed by atoms with E-state index in [0.717, 1.165) is 12.8 Å². The maximum absolute atomic E-state index is 8.72. The van der Waals surface area contributed by atoms with Gasteiger partial charge in [0.2, 0.25) is 0 Å². The summed E-state index contributed by atoms with van der Waals surface area (Å²) in [5.41, 5.74) is -0.0694.